The molecule has 3 N–H and O–H groups in total. The van der Waals surface area contributed by atoms with Crippen LogP contribution in [-0.2, 0) is 13.0 Å². The zero-order valence-electron chi connectivity index (χ0n) is 15.9. The Kier molecular flexibility index (Phi) is 7.66. The molecule has 5 nitrogen and oxygen atoms in total. The summed E-state index contributed by atoms with van der Waals surface area (Å²) in [6, 6.07) is 12.2. The van der Waals surface area contributed by atoms with E-state index in [-0.39, 0.29) is 11.9 Å². The normalized spacial score (nSPS) is 12.5. The van der Waals surface area contributed by atoms with Crippen molar-refractivity contribution in [3.05, 3.63) is 57.3 Å². The third kappa shape index (κ3) is 6.19. The molecule has 2 aromatic rings. The molecule has 1 atom stereocenters. The average Bonchev–Trinajstić information content (AvgIpc) is 3.04. The predicted molar refractivity (Wildman–Crippen MR) is 110 cm³/mol. The zero-order valence-corrected chi connectivity index (χ0v) is 16.7. The third-order valence-electron chi connectivity index (χ3n) is 3.87. The number of amides is 1. The highest BCUT2D eigenvalue weighted by molar-refractivity contribution is 7.11. The summed E-state index contributed by atoms with van der Waals surface area (Å²) in [7, 11) is 1.64. The first-order valence-corrected chi connectivity index (χ1v) is 9.74. The number of aliphatic imine (C=N–C) groups is 1. The van der Waals surface area contributed by atoms with E-state index in [2.05, 4.69) is 53.8 Å². The van der Waals surface area contributed by atoms with Crippen molar-refractivity contribution in [3.63, 3.8) is 0 Å². The highest BCUT2D eigenvalue weighted by Crippen LogP contribution is 2.16. The number of hydrogen-bond donors (Lipinski definition) is 3. The summed E-state index contributed by atoms with van der Waals surface area (Å²) in [6.45, 7) is 7.66. The molecule has 140 valence electrons. The number of hydrogen-bond acceptors (Lipinski definition) is 3. The first kappa shape index (κ1) is 20.0. The molecule has 0 aliphatic carbocycles. The van der Waals surface area contributed by atoms with E-state index < -0.39 is 0 Å². The smallest absolute Gasteiger partial charge is 0.251 e. The van der Waals surface area contributed by atoms with Gasteiger partial charge in [-0.3, -0.25) is 4.79 Å². The number of nitrogens with one attached hydrogen (secondary N) is 3. The second-order valence-electron chi connectivity index (χ2n) is 6.24. The number of carbonyl (C=O) groups is 1. The number of guanidine groups is 1. The van der Waals surface area contributed by atoms with Crippen molar-refractivity contribution in [2.75, 3.05) is 13.6 Å². The van der Waals surface area contributed by atoms with Crippen LogP contribution < -0.4 is 16.0 Å². The maximum absolute atomic E-state index is 11.8. The molecule has 2 rings (SSSR count). The van der Waals surface area contributed by atoms with Crippen LogP contribution >= 0.6 is 11.3 Å². The van der Waals surface area contributed by atoms with E-state index in [1.54, 1.807) is 13.1 Å². The molecule has 1 amide bonds. The van der Waals surface area contributed by atoms with Crippen LogP contribution in [0.4, 0.5) is 0 Å². The Morgan fingerprint density at radius 2 is 2.08 bits per heavy atom. The lowest BCUT2D eigenvalue weighted by Gasteiger charge is -2.17. The first-order chi connectivity index (χ1) is 12.5. The van der Waals surface area contributed by atoms with Gasteiger partial charge in [0.15, 0.2) is 5.96 Å². The molecule has 0 saturated heterocycles. The Morgan fingerprint density at radius 1 is 1.27 bits per heavy atom. The molecule has 0 aliphatic rings. The van der Waals surface area contributed by atoms with Crippen molar-refractivity contribution >= 4 is 23.2 Å². The van der Waals surface area contributed by atoms with E-state index in [4.69, 9.17) is 0 Å². The van der Waals surface area contributed by atoms with Gasteiger partial charge in [0.05, 0.1) is 6.54 Å². The van der Waals surface area contributed by atoms with E-state index in [9.17, 15) is 4.79 Å². The SMILES string of the molecule is CCNC(=NCc1cccc(C(=O)NC)c1)NC(C)Cc1ccc(C)s1. The van der Waals surface area contributed by atoms with Gasteiger partial charge in [-0.05, 0) is 50.6 Å². The summed E-state index contributed by atoms with van der Waals surface area (Å²) in [4.78, 5) is 19.1. The van der Waals surface area contributed by atoms with Crippen molar-refractivity contribution in [1.82, 2.24) is 16.0 Å². The van der Waals surface area contributed by atoms with Crippen LogP contribution in [0.5, 0.6) is 0 Å². The van der Waals surface area contributed by atoms with Crippen LogP contribution in [0.2, 0.25) is 0 Å². The van der Waals surface area contributed by atoms with Gasteiger partial charge in [0.25, 0.3) is 5.91 Å². The van der Waals surface area contributed by atoms with Gasteiger partial charge in [0, 0.05) is 41.4 Å². The van der Waals surface area contributed by atoms with Crippen LogP contribution in [-0.4, -0.2) is 31.5 Å². The van der Waals surface area contributed by atoms with Crippen LogP contribution in [0.1, 0.15) is 39.5 Å². The van der Waals surface area contributed by atoms with Crippen LogP contribution in [0.25, 0.3) is 0 Å². The average molecular weight is 373 g/mol. The maximum atomic E-state index is 11.8. The Labute approximate surface area is 159 Å². The van der Waals surface area contributed by atoms with Crippen molar-refractivity contribution < 1.29 is 4.79 Å². The second kappa shape index (κ2) is 9.97. The summed E-state index contributed by atoms with van der Waals surface area (Å²) >= 11 is 1.83. The van der Waals surface area contributed by atoms with Crippen LogP contribution in [0.3, 0.4) is 0 Å². The molecule has 0 radical (unpaired) electrons. The third-order valence-corrected chi connectivity index (χ3v) is 4.89. The van der Waals surface area contributed by atoms with E-state index in [0.29, 0.717) is 12.1 Å². The molecular weight excluding hydrogens is 344 g/mol. The fraction of sp³-hybridized carbons (Fsp3) is 0.400. The van der Waals surface area contributed by atoms with Gasteiger partial charge in [-0.15, -0.1) is 11.3 Å². The Bertz CT molecular complexity index is 754. The van der Waals surface area contributed by atoms with Gasteiger partial charge in [-0.1, -0.05) is 12.1 Å². The van der Waals surface area contributed by atoms with Crippen LogP contribution in [0.15, 0.2) is 41.4 Å². The highest BCUT2D eigenvalue weighted by atomic mass is 32.1. The molecule has 0 fully saturated rings. The molecule has 0 spiro atoms. The molecule has 1 unspecified atom stereocenters. The Balaban J connectivity index is 2.00. The van der Waals surface area contributed by atoms with Crippen molar-refractivity contribution in [3.8, 4) is 0 Å². The number of benzene rings is 1. The molecule has 6 heteroatoms. The van der Waals surface area contributed by atoms with E-state index in [1.165, 1.54) is 9.75 Å². The van der Waals surface area contributed by atoms with Gasteiger partial charge in [0.1, 0.15) is 0 Å². The highest BCUT2D eigenvalue weighted by Gasteiger charge is 2.08. The van der Waals surface area contributed by atoms with E-state index >= 15 is 0 Å². The van der Waals surface area contributed by atoms with Crippen molar-refractivity contribution in [1.29, 1.82) is 0 Å². The fourth-order valence-electron chi connectivity index (χ4n) is 2.63. The summed E-state index contributed by atoms with van der Waals surface area (Å²) in [5, 5.41) is 9.39. The predicted octanol–water partition coefficient (Wildman–Crippen LogP) is 3.10. The molecule has 26 heavy (non-hydrogen) atoms. The lowest BCUT2D eigenvalue weighted by molar-refractivity contribution is 0.0963. The molecule has 1 aromatic heterocycles. The van der Waals surface area contributed by atoms with E-state index in [0.717, 1.165) is 24.5 Å². The molecular formula is C20H28N4OS. The molecule has 0 aliphatic heterocycles. The van der Waals surface area contributed by atoms with Gasteiger partial charge in [-0.25, -0.2) is 4.99 Å². The zero-order chi connectivity index (χ0) is 18.9. The largest absolute Gasteiger partial charge is 0.357 e. The lowest BCUT2D eigenvalue weighted by atomic mass is 10.1. The summed E-state index contributed by atoms with van der Waals surface area (Å²) in [5.41, 5.74) is 1.66. The van der Waals surface area contributed by atoms with Gasteiger partial charge in [-0.2, -0.15) is 0 Å². The van der Waals surface area contributed by atoms with Crippen molar-refractivity contribution in [2.45, 2.75) is 39.8 Å². The number of nitrogens with zero attached hydrogens (tertiary/aromatic N) is 1. The maximum Gasteiger partial charge on any atom is 0.251 e. The Morgan fingerprint density at radius 3 is 2.73 bits per heavy atom. The topological polar surface area (TPSA) is 65.5 Å². The fourth-order valence-corrected chi connectivity index (χ4v) is 3.65. The molecule has 1 heterocycles. The number of thiophene rings is 1. The summed E-state index contributed by atoms with van der Waals surface area (Å²) in [6.07, 6.45) is 0.967. The molecule has 1 aromatic carbocycles. The van der Waals surface area contributed by atoms with Gasteiger partial charge < -0.3 is 16.0 Å². The van der Waals surface area contributed by atoms with Crippen molar-refractivity contribution in [2.24, 2.45) is 4.99 Å². The molecule has 0 bridgehead atoms. The second-order valence-corrected chi connectivity index (χ2v) is 7.61. The minimum atomic E-state index is -0.0827. The van der Waals surface area contributed by atoms with Crippen LogP contribution in [0, 0.1) is 6.92 Å². The van der Waals surface area contributed by atoms with Gasteiger partial charge >= 0.3 is 0 Å². The number of rotatable bonds is 7. The molecule has 0 saturated carbocycles. The van der Waals surface area contributed by atoms with Gasteiger partial charge in [0.2, 0.25) is 0 Å². The Hall–Kier alpha value is -2.34. The summed E-state index contributed by atoms with van der Waals surface area (Å²) < 4.78 is 0. The summed E-state index contributed by atoms with van der Waals surface area (Å²) in [5.74, 6) is 0.708. The minimum absolute atomic E-state index is 0.0827. The lowest BCUT2D eigenvalue weighted by Crippen LogP contribution is -2.43. The monoisotopic (exact) mass is 372 g/mol. The van der Waals surface area contributed by atoms with E-state index in [1.807, 2.05) is 29.5 Å². The number of carbonyl (C=O) groups excluding carboxylic acids is 1. The first-order valence-electron chi connectivity index (χ1n) is 8.93. The standard InChI is InChI=1S/C20H28N4OS/c1-5-22-20(24-14(2)11-18-10-9-15(3)26-18)23-13-16-7-6-8-17(12-16)19(25)21-4/h6-10,12,14H,5,11,13H2,1-4H3,(H,21,25)(H2,22,23,24). The number of aryl methyl sites for hydroxylation is 1. The minimum Gasteiger partial charge on any atom is -0.357 e. The quantitative estimate of drug-likeness (QED) is 0.517.